The quantitative estimate of drug-likeness (QED) is 0.592. The molecule has 0 heterocycles. The first kappa shape index (κ1) is 11.2. The van der Waals surface area contributed by atoms with E-state index < -0.39 is 0 Å². The van der Waals surface area contributed by atoms with Crippen LogP contribution in [0.15, 0.2) is 54.6 Å². The normalized spacial score (nSPS) is 9.18. The van der Waals surface area contributed by atoms with Crippen molar-refractivity contribution in [1.82, 2.24) is 0 Å². The zero-order chi connectivity index (χ0) is 11.9. The molecule has 1 nitrogen and oxygen atoms in total. The van der Waals surface area contributed by atoms with Crippen LogP contribution < -0.4 is 0 Å². The molecule has 0 saturated carbocycles. The van der Waals surface area contributed by atoms with Gasteiger partial charge in [-0.15, -0.1) is 0 Å². The summed E-state index contributed by atoms with van der Waals surface area (Å²) in [5.74, 6) is 6.26. The SMILES string of the molecule is N=Cc1cccc(C#CCc2ccccc2)c1. The lowest BCUT2D eigenvalue weighted by Gasteiger charge is -1.93. The minimum atomic E-state index is 0.760. The number of nitrogens with one attached hydrogen (secondary N) is 1. The molecular weight excluding hydrogens is 206 g/mol. The second kappa shape index (κ2) is 5.67. The molecule has 0 radical (unpaired) electrons. The van der Waals surface area contributed by atoms with E-state index in [-0.39, 0.29) is 0 Å². The standard InChI is InChI=1S/C16H13N/c17-13-16-11-5-10-15(12-16)9-4-8-14-6-2-1-3-7-14/h1-3,5-7,10-13,17H,8H2. The van der Waals surface area contributed by atoms with E-state index in [2.05, 4.69) is 24.0 Å². The van der Waals surface area contributed by atoms with Crippen molar-refractivity contribution in [3.05, 3.63) is 71.3 Å². The molecule has 0 aromatic heterocycles. The van der Waals surface area contributed by atoms with E-state index in [4.69, 9.17) is 5.41 Å². The van der Waals surface area contributed by atoms with Gasteiger partial charge in [-0.1, -0.05) is 54.3 Å². The lowest BCUT2D eigenvalue weighted by molar-refractivity contribution is 1.32. The van der Waals surface area contributed by atoms with Crippen LogP contribution in [0.2, 0.25) is 0 Å². The van der Waals surface area contributed by atoms with Crippen molar-refractivity contribution in [1.29, 1.82) is 5.41 Å². The Morgan fingerprint density at radius 1 is 1.00 bits per heavy atom. The zero-order valence-electron chi connectivity index (χ0n) is 9.48. The summed E-state index contributed by atoms with van der Waals surface area (Å²) in [5.41, 5.74) is 3.07. The highest BCUT2D eigenvalue weighted by atomic mass is 14.3. The van der Waals surface area contributed by atoms with Crippen molar-refractivity contribution in [2.24, 2.45) is 0 Å². The van der Waals surface area contributed by atoms with Crippen LogP contribution >= 0.6 is 0 Å². The first-order chi connectivity index (χ1) is 8.38. The van der Waals surface area contributed by atoms with E-state index in [1.807, 2.05) is 42.5 Å². The third-order valence-corrected chi connectivity index (χ3v) is 2.42. The average molecular weight is 219 g/mol. The summed E-state index contributed by atoms with van der Waals surface area (Å²) in [4.78, 5) is 0. The molecule has 0 aliphatic carbocycles. The van der Waals surface area contributed by atoms with Crippen LogP contribution in [0.5, 0.6) is 0 Å². The number of rotatable bonds is 2. The van der Waals surface area contributed by atoms with Crippen molar-refractivity contribution in [2.75, 3.05) is 0 Å². The number of hydrogen-bond acceptors (Lipinski definition) is 1. The second-order valence-corrected chi connectivity index (χ2v) is 3.73. The minimum absolute atomic E-state index is 0.760. The molecule has 2 aromatic carbocycles. The van der Waals surface area contributed by atoms with Gasteiger partial charge >= 0.3 is 0 Å². The second-order valence-electron chi connectivity index (χ2n) is 3.73. The molecular formula is C16H13N. The van der Waals surface area contributed by atoms with Gasteiger partial charge in [0.1, 0.15) is 0 Å². The molecule has 0 saturated heterocycles. The number of hydrogen-bond donors (Lipinski definition) is 1. The summed E-state index contributed by atoms with van der Waals surface area (Å²) in [6.45, 7) is 0. The zero-order valence-corrected chi connectivity index (χ0v) is 9.48. The summed E-state index contributed by atoms with van der Waals surface area (Å²) >= 11 is 0. The van der Waals surface area contributed by atoms with Crippen molar-refractivity contribution in [3.63, 3.8) is 0 Å². The molecule has 1 N–H and O–H groups in total. The van der Waals surface area contributed by atoms with Gasteiger partial charge in [0.15, 0.2) is 0 Å². The summed E-state index contributed by atoms with van der Waals surface area (Å²) in [5, 5.41) is 7.18. The highest BCUT2D eigenvalue weighted by Gasteiger charge is 1.89. The molecule has 0 aliphatic heterocycles. The minimum Gasteiger partial charge on any atom is -0.308 e. The molecule has 17 heavy (non-hydrogen) atoms. The fourth-order valence-corrected chi connectivity index (χ4v) is 1.55. The maximum atomic E-state index is 7.18. The largest absolute Gasteiger partial charge is 0.308 e. The lowest BCUT2D eigenvalue weighted by Crippen LogP contribution is -1.82. The molecule has 0 atom stereocenters. The summed E-state index contributed by atoms with van der Waals surface area (Å²) in [6, 6.07) is 17.9. The molecule has 0 bridgehead atoms. The highest BCUT2D eigenvalue weighted by Crippen LogP contribution is 2.02. The maximum Gasteiger partial charge on any atom is 0.0344 e. The Morgan fingerprint density at radius 2 is 1.82 bits per heavy atom. The van der Waals surface area contributed by atoms with Crippen LogP contribution in [0.25, 0.3) is 0 Å². The first-order valence-electron chi connectivity index (χ1n) is 5.52. The van der Waals surface area contributed by atoms with Crippen LogP contribution in [-0.2, 0) is 6.42 Å². The average Bonchev–Trinajstić information content (AvgIpc) is 2.40. The van der Waals surface area contributed by atoms with Crippen molar-refractivity contribution < 1.29 is 0 Å². The third kappa shape index (κ3) is 3.32. The predicted molar refractivity (Wildman–Crippen MR) is 71.4 cm³/mol. The topological polar surface area (TPSA) is 23.9 Å². The van der Waals surface area contributed by atoms with Crippen LogP contribution in [-0.4, -0.2) is 6.21 Å². The van der Waals surface area contributed by atoms with E-state index in [9.17, 15) is 0 Å². The van der Waals surface area contributed by atoms with Crippen LogP contribution in [0.4, 0.5) is 0 Å². The number of benzene rings is 2. The summed E-state index contributed by atoms with van der Waals surface area (Å²) < 4.78 is 0. The Kier molecular flexibility index (Phi) is 3.72. The van der Waals surface area contributed by atoms with E-state index in [1.165, 1.54) is 11.8 Å². The molecule has 0 amide bonds. The Balaban J connectivity index is 2.08. The van der Waals surface area contributed by atoms with Gasteiger partial charge in [-0.3, -0.25) is 0 Å². The van der Waals surface area contributed by atoms with E-state index in [0.29, 0.717) is 0 Å². The van der Waals surface area contributed by atoms with Gasteiger partial charge in [-0.2, -0.15) is 0 Å². The van der Waals surface area contributed by atoms with E-state index in [0.717, 1.165) is 17.5 Å². The lowest BCUT2D eigenvalue weighted by atomic mass is 10.1. The fraction of sp³-hybridized carbons (Fsp3) is 0.0625. The van der Waals surface area contributed by atoms with Crippen LogP contribution in [0.3, 0.4) is 0 Å². The molecule has 82 valence electrons. The van der Waals surface area contributed by atoms with Gasteiger partial charge < -0.3 is 5.41 Å². The Hall–Kier alpha value is -2.33. The highest BCUT2D eigenvalue weighted by molar-refractivity contribution is 5.77. The van der Waals surface area contributed by atoms with Gasteiger partial charge in [-0.05, 0) is 23.3 Å². The van der Waals surface area contributed by atoms with E-state index >= 15 is 0 Å². The van der Waals surface area contributed by atoms with Crippen LogP contribution in [0, 0.1) is 17.3 Å². The molecule has 2 aromatic rings. The molecule has 1 heteroatoms. The summed E-state index contributed by atoms with van der Waals surface area (Å²) in [6.07, 6.45) is 2.10. The van der Waals surface area contributed by atoms with Gasteiger partial charge in [0.05, 0.1) is 0 Å². The van der Waals surface area contributed by atoms with Crippen molar-refractivity contribution in [2.45, 2.75) is 6.42 Å². The fourth-order valence-electron chi connectivity index (χ4n) is 1.55. The molecule has 0 spiro atoms. The van der Waals surface area contributed by atoms with Crippen molar-refractivity contribution >= 4 is 6.21 Å². The van der Waals surface area contributed by atoms with Gasteiger partial charge in [-0.25, -0.2) is 0 Å². The Labute approximate surface area is 102 Å². The molecule has 2 rings (SSSR count). The summed E-state index contributed by atoms with van der Waals surface area (Å²) in [7, 11) is 0. The van der Waals surface area contributed by atoms with Crippen molar-refractivity contribution in [3.8, 4) is 11.8 Å². The van der Waals surface area contributed by atoms with Crippen LogP contribution in [0.1, 0.15) is 16.7 Å². The van der Waals surface area contributed by atoms with E-state index in [1.54, 1.807) is 0 Å². The van der Waals surface area contributed by atoms with Gasteiger partial charge in [0.2, 0.25) is 0 Å². The molecule has 0 aliphatic rings. The Morgan fingerprint density at radius 3 is 2.59 bits per heavy atom. The van der Waals surface area contributed by atoms with Gasteiger partial charge in [0.25, 0.3) is 0 Å². The first-order valence-corrected chi connectivity index (χ1v) is 5.52. The maximum absolute atomic E-state index is 7.18. The smallest absolute Gasteiger partial charge is 0.0344 e. The van der Waals surface area contributed by atoms with Gasteiger partial charge in [0, 0.05) is 18.2 Å². The Bertz CT molecular complexity index is 559. The molecule has 0 fully saturated rings. The molecule has 0 unspecified atom stereocenters. The predicted octanol–water partition coefficient (Wildman–Crippen LogP) is 3.28. The third-order valence-electron chi connectivity index (χ3n) is 2.42. The monoisotopic (exact) mass is 219 g/mol.